The van der Waals surface area contributed by atoms with Crippen LogP contribution in [-0.2, 0) is 0 Å². The van der Waals surface area contributed by atoms with Gasteiger partial charge in [0.25, 0.3) is 0 Å². The topological polar surface area (TPSA) is 3.24 Å². The molecule has 0 N–H and O–H groups in total. The maximum absolute atomic E-state index is 4.31. The van der Waals surface area contributed by atoms with Gasteiger partial charge >= 0.3 is 0 Å². The molecule has 0 amide bonds. The van der Waals surface area contributed by atoms with Crippen LogP contribution in [0.25, 0.3) is 17.7 Å². The summed E-state index contributed by atoms with van der Waals surface area (Å²) in [6, 6.07) is 6.38. The van der Waals surface area contributed by atoms with Crippen molar-refractivity contribution in [1.29, 1.82) is 0 Å². The molecule has 2 rings (SSSR count). The Balaban J connectivity index is 2.37. The smallest absolute Gasteiger partial charge is 0.0367 e. The van der Waals surface area contributed by atoms with Crippen molar-refractivity contribution in [2.45, 2.75) is 26.7 Å². The standard InChI is InChI=1S/C22H27N/c1-7-21-11-10-20(14-17(4)16(2)3)15-22(21)18(5)19(6)23-12-8-9-13-23/h7,10-11,14-15H,1-2,5-6,8-9,12-13H2,3-4H3/b17-14+. The van der Waals surface area contributed by atoms with Crippen LogP contribution in [0.5, 0.6) is 0 Å². The Bertz CT molecular complexity index is 682. The van der Waals surface area contributed by atoms with Crippen LogP contribution in [0.4, 0.5) is 0 Å². The van der Waals surface area contributed by atoms with E-state index in [4.69, 9.17) is 0 Å². The van der Waals surface area contributed by atoms with Crippen molar-refractivity contribution in [3.05, 3.63) is 78.0 Å². The quantitative estimate of drug-likeness (QED) is 0.589. The zero-order valence-corrected chi connectivity index (χ0v) is 14.5. The van der Waals surface area contributed by atoms with Crippen LogP contribution in [0.15, 0.2) is 61.4 Å². The normalized spacial score (nSPS) is 14.7. The second-order valence-electron chi connectivity index (χ2n) is 6.28. The fourth-order valence-electron chi connectivity index (χ4n) is 2.81. The second kappa shape index (κ2) is 7.32. The van der Waals surface area contributed by atoms with Crippen LogP contribution in [0.3, 0.4) is 0 Å². The van der Waals surface area contributed by atoms with E-state index in [-0.39, 0.29) is 0 Å². The van der Waals surface area contributed by atoms with Gasteiger partial charge in [-0.3, -0.25) is 0 Å². The number of hydrogen-bond donors (Lipinski definition) is 0. The molecule has 1 aliphatic heterocycles. The molecule has 0 atom stereocenters. The van der Waals surface area contributed by atoms with E-state index in [0.717, 1.165) is 46.6 Å². The predicted molar refractivity (Wildman–Crippen MR) is 104 cm³/mol. The maximum atomic E-state index is 4.31. The number of allylic oxidation sites excluding steroid dienone is 3. The van der Waals surface area contributed by atoms with Crippen LogP contribution < -0.4 is 0 Å². The van der Waals surface area contributed by atoms with E-state index in [1.54, 1.807) is 0 Å². The lowest BCUT2D eigenvalue weighted by molar-refractivity contribution is 0.446. The summed E-state index contributed by atoms with van der Waals surface area (Å²) in [5.74, 6) is 0. The molecular formula is C22H27N. The maximum Gasteiger partial charge on any atom is 0.0367 e. The fourth-order valence-corrected chi connectivity index (χ4v) is 2.81. The van der Waals surface area contributed by atoms with Crippen molar-refractivity contribution < 1.29 is 0 Å². The molecule has 0 saturated carbocycles. The Kier molecular flexibility index (Phi) is 5.44. The van der Waals surface area contributed by atoms with Crippen LogP contribution in [-0.4, -0.2) is 18.0 Å². The molecule has 1 nitrogen and oxygen atoms in total. The molecule has 1 heterocycles. The highest BCUT2D eigenvalue weighted by atomic mass is 15.1. The predicted octanol–water partition coefficient (Wildman–Crippen LogP) is 5.93. The van der Waals surface area contributed by atoms with Gasteiger partial charge in [0.2, 0.25) is 0 Å². The Morgan fingerprint density at radius 1 is 1.09 bits per heavy atom. The van der Waals surface area contributed by atoms with Gasteiger partial charge in [-0.25, -0.2) is 0 Å². The highest BCUT2D eigenvalue weighted by Gasteiger charge is 2.17. The monoisotopic (exact) mass is 305 g/mol. The number of nitrogens with zero attached hydrogens (tertiary/aromatic N) is 1. The lowest BCUT2D eigenvalue weighted by Gasteiger charge is -2.23. The van der Waals surface area contributed by atoms with Crippen LogP contribution >= 0.6 is 0 Å². The molecule has 0 aromatic heterocycles. The highest BCUT2D eigenvalue weighted by Crippen LogP contribution is 2.30. The van der Waals surface area contributed by atoms with Crippen LogP contribution in [0.2, 0.25) is 0 Å². The zero-order chi connectivity index (χ0) is 17.0. The first kappa shape index (κ1) is 17.1. The first-order chi connectivity index (χ1) is 10.9. The molecule has 1 aliphatic rings. The molecular weight excluding hydrogens is 278 g/mol. The molecule has 0 unspecified atom stereocenters. The van der Waals surface area contributed by atoms with Crippen molar-refractivity contribution in [2.75, 3.05) is 13.1 Å². The van der Waals surface area contributed by atoms with E-state index in [1.165, 1.54) is 18.4 Å². The Morgan fingerprint density at radius 3 is 2.30 bits per heavy atom. The van der Waals surface area contributed by atoms with Gasteiger partial charge in [0.1, 0.15) is 0 Å². The zero-order valence-electron chi connectivity index (χ0n) is 14.5. The Hall–Kier alpha value is -2.28. The van der Waals surface area contributed by atoms with Gasteiger partial charge in [0.05, 0.1) is 0 Å². The molecule has 0 radical (unpaired) electrons. The van der Waals surface area contributed by atoms with Gasteiger partial charge in [0.15, 0.2) is 0 Å². The van der Waals surface area contributed by atoms with Gasteiger partial charge in [-0.2, -0.15) is 0 Å². The highest BCUT2D eigenvalue weighted by molar-refractivity contribution is 5.83. The van der Waals surface area contributed by atoms with Crippen molar-refractivity contribution in [3.63, 3.8) is 0 Å². The summed E-state index contributed by atoms with van der Waals surface area (Å²) >= 11 is 0. The fraction of sp³-hybridized carbons (Fsp3) is 0.273. The average Bonchev–Trinajstić information content (AvgIpc) is 3.07. The van der Waals surface area contributed by atoms with E-state index in [9.17, 15) is 0 Å². The third-order valence-corrected chi connectivity index (χ3v) is 4.51. The number of rotatable bonds is 6. The summed E-state index contributed by atoms with van der Waals surface area (Å²) < 4.78 is 0. The van der Waals surface area contributed by atoms with E-state index < -0.39 is 0 Å². The number of benzene rings is 1. The molecule has 1 aromatic rings. The van der Waals surface area contributed by atoms with E-state index >= 15 is 0 Å². The lowest BCUT2D eigenvalue weighted by Crippen LogP contribution is -2.18. The van der Waals surface area contributed by atoms with E-state index in [2.05, 4.69) is 62.4 Å². The minimum absolute atomic E-state index is 0.991. The van der Waals surface area contributed by atoms with Gasteiger partial charge < -0.3 is 4.90 Å². The van der Waals surface area contributed by atoms with Crippen LogP contribution in [0, 0.1) is 0 Å². The number of likely N-dealkylation sites (tertiary alicyclic amines) is 1. The molecule has 23 heavy (non-hydrogen) atoms. The average molecular weight is 305 g/mol. The summed E-state index contributed by atoms with van der Waals surface area (Å²) in [7, 11) is 0. The van der Waals surface area contributed by atoms with Crippen molar-refractivity contribution in [3.8, 4) is 0 Å². The summed E-state index contributed by atoms with van der Waals surface area (Å²) in [6.07, 6.45) is 6.52. The summed E-state index contributed by atoms with van der Waals surface area (Å²) in [6.45, 7) is 22.8. The molecule has 0 aliphatic carbocycles. The SMILES string of the molecule is C=Cc1ccc(/C=C(\C)C(=C)C)cc1C(=C)C(=C)N1CCCC1. The minimum Gasteiger partial charge on any atom is -0.372 e. The lowest BCUT2D eigenvalue weighted by atomic mass is 9.95. The summed E-state index contributed by atoms with van der Waals surface area (Å²) in [5.41, 5.74) is 7.65. The third kappa shape index (κ3) is 3.92. The summed E-state index contributed by atoms with van der Waals surface area (Å²) in [4.78, 5) is 2.33. The van der Waals surface area contributed by atoms with Crippen molar-refractivity contribution >= 4 is 17.7 Å². The summed E-state index contributed by atoms with van der Waals surface area (Å²) in [5, 5.41) is 0. The first-order valence-electron chi connectivity index (χ1n) is 8.18. The van der Waals surface area contributed by atoms with E-state index in [1.807, 2.05) is 13.0 Å². The largest absolute Gasteiger partial charge is 0.372 e. The van der Waals surface area contributed by atoms with Crippen LogP contribution in [0.1, 0.15) is 43.4 Å². The van der Waals surface area contributed by atoms with Crippen molar-refractivity contribution in [2.24, 2.45) is 0 Å². The first-order valence-corrected chi connectivity index (χ1v) is 8.18. The third-order valence-electron chi connectivity index (χ3n) is 4.51. The minimum atomic E-state index is 0.991. The van der Waals surface area contributed by atoms with Gasteiger partial charge in [0, 0.05) is 18.8 Å². The molecule has 120 valence electrons. The molecule has 1 saturated heterocycles. The molecule has 0 spiro atoms. The molecule has 0 bridgehead atoms. The van der Waals surface area contributed by atoms with Crippen molar-refractivity contribution in [1.82, 2.24) is 4.90 Å². The van der Waals surface area contributed by atoms with E-state index in [0.29, 0.717) is 0 Å². The molecule has 1 aromatic carbocycles. The second-order valence-corrected chi connectivity index (χ2v) is 6.28. The molecule has 1 heteroatoms. The van der Waals surface area contributed by atoms with Gasteiger partial charge in [-0.15, -0.1) is 0 Å². The van der Waals surface area contributed by atoms with Gasteiger partial charge in [-0.05, 0) is 60.6 Å². The Morgan fingerprint density at radius 2 is 1.74 bits per heavy atom. The van der Waals surface area contributed by atoms with Gasteiger partial charge in [-0.1, -0.05) is 56.2 Å². The molecule has 1 fully saturated rings. The Labute approximate surface area is 141 Å². The number of hydrogen-bond acceptors (Lipinski definition) is 1.